The van der Waals surface area contributed by atoms with Crippen LogP contribution in [0, 0.1) is 5.82 Å². The molecule has 7 heteroatoms. The molecule has 0 unspecified atom stereocenters. The molecule has 0 aliphatic carbocycles. The first-order valence-electron chi connectivity index (χ1n) is 5.88. The van der Waals surface area contributed by atoms with Gasteiger partial charge < -0.3 is 15.8 Å². The molecule has 0 aliphatic rings. The lowest BCUT2D eigenvalue weighted by atomic mass is 10.3. The van der Waals surface area contributed by atoms with Crippen molar-refractivity contribution in [2.75, 3.05) is 17.7 Å². The van der Waals surface area contributed by atoms with Gasteiger partial charge in [-0.1, -0.05) is 6.07 Å². The van der Waals surface area contributed by atoms with Crippen LogP contribution in [-0.4, -0.2) is 12.5 Å². The number of carbonyl (C=O) groups is 1. The third kappa shape index (κ3) is 4.44. The largest absolute Gasteiger partial charge is 0.481 e. The molecule has 2 rings (SSSR count). The number of amides is 1. The second kappa shape index (κ2) is 6.91. The molecule has 0 atom stereocenters. The third-order valence-electron chi connectivity index (χ3n) is 2.48. The van der Waals surface area contributed by atoms with Gasteiger partial charge in [0.2, 0.25) is 0 Å². The molecule has 1 amide bonds. The van der Waals surface area contributed by atoms with Crippen molar-refractivity contribution in [1.29, 1.82) is 0 Å². The molecule has 21 heavy (non-hydrogen) atoms. The fourth-order valence-corrected chi connectivity index (χ4v) is 3.07. The van der Waals surface area contributed by atoms with Crippen LogP contribution in [-0.2, 0) is 4.79 Å². The van der Waals surface area contributed by atoms with Gasteiger partial charge in [0, 0.05) is 11.4 Å². The number of carbonyl (C=O) groups excluding carboxylic acids is 1. The molecule has 0 saturated heterocycles. The van der Waals surface area contributed by atoms with Gasteiger partial charge in [0.15, 0.2) is 6.61 Å². The van der Waals surface area contributed by atoms with Crippen molar-refractivity contribution in [1.82, 2.24) is 0 Å². The number of halogens is 3. The highest BCUT2D eigenvalue weighted by molar-refractivity contribution is 9.11. The lowest BCUT2D eigenvalue weighted by Crippen LogP contribution is -2.20. The van der Waals surface area contributed by atoms with Crippen molar-refractivity contribution in [3.8, 4) is 5.75 Å². The fourth-order valence-electron chi connectivity index (χ4n) is 1.62. The number of nitrogens with one attached hydrogen (secondary N) is 1. The molecule has 2 aromatic rings. The molecule has 0 bridgehead atoms. The molecule has 0 saturated carbocycles. The van der Waals surface area contributed by atoms with E-state index in [-0.39, 0.29) is 6.61 Å². The van der Waals surface area contributed by atoms with Crippen molar-refractivity contribution in [3.63, 3.8) is 0 Å². The minimum atomic E-state index is -0.419. The minimum absolute atomic E-state index is 0.211. The molecule has 0 heterocycles. The van der Waals surface area contributed by atoms with Gasteiger partial charge in [-0.25, -0.2) is 4.39 Å². The van der Waals surface area contributed by atoms with Crippen LogP contribution < -0.4 is 15.8 Å². The number of anilines is 2. The van der Waals surface area contributed by atoms with E-state index in [1.165, 1.54) is 18.2 Å². The Kier molecular flexibility index (Phi) is 5.19. The molecular weight excluding hydrogens is 407 g/mol. The van der Waals surface area contributed by atoms with Crippen LogP contribution in [0.4, 0.5) is 15.8 Å². The highest BCUT2D eigenvalue weighted by Crippen LogP contribution is 2.35. The zero-order valence-electron chi connectivity index (χ0n) is 10.7. The molecule has 0 aromatic heterocycles. The van der Waals surface area contributed by atoms with Gasteiger partial charge in [0.1, 0.15) is 11.6 Å². The molecule has 2 aromatic carbocycles. The van der Waals surface area contributed by atoms with Gasteiger partial charge in [-0.2, -0.15) is 0 Å². The first-order valence-corrected chi connectivity index (χ1v) is 7.47. The number of rotatable bonds is 4. The number of benzene rings is 2. The predicted molar refractivity (Wildman–Crippen MR) is 86.8 cm³/mol. The Labute approximate surface area is 137 Å². The maximum absolute atomic E-state index is 13.0. The smallest absolute Gasteiger partial charge is 0.262 e. The maximum Gasteiger partial charge on any atom is 0.262 e. The summed E-state index contributed by atoms with van der Waals surface area (Å²) in [5, 5.41) is 2.54. The van der Waals surface area contributed by atoms with Gasteiger partial charge in [-0.3, -0.25) is 4.79 Å². The Morgan fingerprint density at radius 1 is 1.24 bits per heavy atom. The summed E-state index contributed by atoms with van der Waals surface area (Å²) in [6.07, 6.45) is 0. The second-order valence-corrected chi connectivity index (χ2v) is 5.87. The van der Waals surface area contributed by atoms with Gasteiger partial charge in [0.05, 0.1) is 8.95 Å². The van der Waals surface area contributed by atoms with Gasteiger partial charge in [0.25, 0.3) is 5.91 Å². The predicted octanol–water partition coefficient (Wildman–Crippen LogP) is 3.95. The Bertz CT molecular complexity index is 657. The summed E-state index contributed by atoms with van der Waals surface area (Å²) in [5.74, 6) is -0.340. The van der Waals surface area contributed by atoms with E-state index in [1.54, 1.807) is 18.2 Å². The lowest BCUT2D eigenvalue weighted by Gasteiger charge is -2.11. The molecule has 4 nitrogen and oxygen atoms in total. The number of nitrogens with two attached hydrogens (primary N) is 1. The minimum Gasteiger partial charge on any atom is -0.481 e. The van der Waals surface area contributed by atoms with E-state index in [0.717, 1.165) is 0 Å². The van der Waals surface area contributed by atoms with Crippen LogP contribution in [0.3, 0.4) is 0 Å². The normalized spacial score (nSPS) is 10.2. The Morgan fingerprint density at radius 2 is 1.90 bits per heavy atom. The molecule has 0 radical (unpaired) electrons. The number of ether oxygens (including phenoxy) is 1. The van der Waals surface area contributed by atoms with E-state index in [9.17, 15) is 9.18 Å². The molecule has 0 aliphatic heterocycles. The average Bonchev–Trinajstić information content (AvgIpc) is 2.37. The second-order valence-electron chi connectivity index (χ2n) is 4.16. The molecule has 3 N–H and O–H groups in total. The zero-order chi connectivity index (χ0) is 15.4. The standard InChI is InChI=1S/C14H11Br2FN2O2/c15-11-5-9(18)6-12(16)14(11)21-7-13(20)19-10-3-1-2-8(17)4-10/h1-6H,7,18H2,(H,19,20). The third-order valence-corrected chi connectivity index (χ3v) is 3.65. The van der Waals surface area contributed by atoms with Crippen LogP contribution in [0.5, 0.6) is 5.75 Å². The van der Waals surface area contributed by atoms with E-state index in [1.807, 2.05) is 0 Å². The molecule has 110 valence electrons. The number of hydrogen-bond acceptors (Lipinski definition) is 3. The summed E-state index contributed by atoms with van der Waals surface area (Å²) in [6.45, 7) is -0.211. The van der Waals surface area contributed by atoms with Crippen molar-refractivity contribution in [2.45, 2.75) is 0 Å². The lowest BCUT2D eigenvalue weighted by molar-refractivity contribution is -0.118. The summed E-state index contributed by atoms with van der Waals surface area (Å²) >= 11 is 6.62. The molecule has 0 spiro atoms. The summed E-state index contributed by atoms with van der Waals surface area (Å²) in [6, 6.07) is 8.98. The first-order chi connectivity index (χ1) is 9.95. The Morgan fingerprint density at radius 3 is 2.52 bits per heavy atom. The van der Waals surface area contributed by atoms with Crippen LogP contribution in [0.2, 0.25) is 0 Å². The van der Waals surface area contributed by atoms with Crippen molar-refractivity contribution < 1.29 is 13.9 Å². The summed E-state index contributed by atoms with van der Waals surface area (Å²) in [4.78, 5) is 11.8. The van der Waals surface area contributed by atoms with Crippen LogP contribution >= 0.6 is 31.9 Å². The SMILES string of the molecule is Nc1cc(Br)c(OCC(=O)Nc2cccc(F)c2)c(Br)c1. The van der Waals surface area contributed by atoms with Gasteiger partial charge >= 0.3 is 0 Å². The highest BCUT2D eigenvalue weighted by atomic mass is 79.9. The average molecular weight is 418 g/mol. The maximum atomic E-state index is 13.0. The van der Waals surface area contributed by atoms with E-state index >= 15 is 0 Å². The summed E-state index contributed by atoms with van der Waals surface area (Å²) < 4.78 is 19.7. The van der Waals surface area contributed by atoms with Crippen LogP contribution in [0.25, 0.3) is 0 Å². The van der Waals surface area contributed by atoms with Gasteiger partial charge in [-0.15, -0.1) is 0 Å². The highest BCUT2D eigenvalue weighted by Gasteiger charge is 2.11. The van der Waals surface area contributed by atoms with Crippen LogP contribution in [0.1, 0.15) is 0 Å². The monoisotopic (exact) mass is 416 g/mol. The van der Waals surface area contributed by atoms with Crippen LogP contribution in [0.15, 0.2) is 45.3 Å². The van der Waals surface area contributed by atoms with E-state index in [2.05, 4.69) is 37.2 Å². The first kappa shape index (κ1) is 15.8. The Balaban J connectivity index is 1.99. The Hall–Kier alpha value is -1.60. The van der Waals surface area contributed by atoms with Crippen molar-refractivity contribution in [2.24, 2.45) is 0 Å². The number of hydrogen-bond donors (Lipinski definition) is 2. The van der Waals surface area contributed by atoms with Crippen molar-refractivity contribution in [3.05, 3.63) is 51.2 Å². The van der Waals surface area contributed by atoms with E-state index < -0.39 is 11.7 Å². The van der Waals surface area contributed by atoms with Gasteiger partial charge in [-0.05, 0) is 62.2 Å². The topological polar surface area (TPSA) is 64.3 Å². The fraction of sp³-hybridized carbons (Fsp3) is 0.0714. The zero-order valence-corrected chi connectivity index (χ0v) is 13.9. The molecule has 0 fully saturated rings. The molecular formula is C14H11Br2FN2O2. The van der Waals surface area contributed by atoms with E-state index in [0.29, 0.717) is 26.1 Å². The summed E-state index contributed by atoms with van der Waals surface area (Å²) in [7, 11) is 0. The summed E-state index contributed by atoms with van der Waals surface area (Å²) in [5.41, 5.74) is 6.60. The van der Waals surface area contributed by atoms with E-state index in [4.69, 9.17) is 10.5 Å². The number of nitrogen functional groups attached to an aromatic ring is 1. The van der Waals surface area contributed by atoms with Crippen molar-refractivity contribution >= 4 is 49.1 Å². The quantitative estimate of drug-likeness (QED) is 0.740.